The predicted octanol–water partition coefficient (Wildman–Crippen LogP) is 4.26. The fraction of sp³-hybridized carbons (Fsp3) is 0.316. The third-order valence-corrected chi connectivity index (χ3v) is 4.36. The first kappa shape index (κ1) is 19.3. The molecular formula is C19H21ClFN5O. The van der Waals surface area contributed by atoms with Gasteiger partial charge in [0.2, 0.25) is 5.95 Å². The zero-order chi connectivity index (χ0) is 19.6. The van der Waals surface area contributed by atoms with E-state index in [1.165, 1.54) is 6.07 Å². The number of benzene rings is 1. The van der Waals surface area contributed by atoms with Crippen LogP contribution in [0.5, 0.6) is 0 Å². The quantitative estimate of drug-likeness (QED) is 0.658. The minimum atomic E-state index is -0.568. The summed E-state index contributed by atoms with van der Waals surface area (Å²) in [6.45, 7) is 5.97. The van der Waals surface area contributed by atoms with Gasteiger partial charge < -0.3 is 10.4 Å². The molecule has 0 fully saturated rings. The first-order valence-electron chi connectivity index (χ1n) is 8.67. The number of anilines is 2. The summed E-state index contributed by atoms with van der Waals surface area (Å²) >= 11 is 5.83. The number of hydrogen-bond acceptors (Lipinski definition) is 5. The lowest BCUT2D eigenvalue weighted by molar-refractivity contribution is 0.146. The first-order chi connectivity index (χ1) is 12.9. The van der Waals surface area contributed by atoms with E-state index in [0.717, 1.165) is 17.0 Å². The van der Waals surface area contributed by atoms with Crippen molar-refractivity contribution >= 4 is 23.2 Å². The summed E-state index contributed by atoms with van der Waals surface area (Å²) in [7, 11) is 0. The van der Waals surface area contributed by atoms with Crippen molar-refractivity contribution in [1.82, 2.24) is 19.7 Å². The van der Waals surface area contributed by atoms with Crippen molar-refractivity contribution in [3.05, 3.63) is 52.6 Å². The minimum absolute atomic E-state index is 0.0152. The van der Waals surface area contributed by atoms with Crippen molar-refractivity contribution in [1.29, 1.82) is 0 Å². The largest absolute Gasteiger partial charge is 0.391 e. The molecule has 27 heavy (non-hydrogen) atoms. The van der Waals surface area contributed by atoms with Gasteiger partial charge in [0.05, 0.1) is 23.4 Å². The molecule has 2 N–H and O–H groups in total. The molecule has 1 aromatic carbocycles. The summed E-state index contributed by atoms with van der Waals surface area (Å²) in [6, 6.07) is 8.47. The van der Waals surface area contributed by atoms with E-state index in [2.05, 4.69) is 20.4 Å². The van der Waals surface area contributed by atoms with E-state index in [1.54, 1.807) is 16.8 Å². The third kappa shape index (κ3) is 4.43. The molecule has 0 aliphatic heterocycles. The van der Waals surface area contributed by atoms with Crippen LogP contribution >= 0.6 is 11.6 Å². The number of halogens is 2. The summed E-state index contributed by atoms with van der Waals surface area (Å²) in [4.78, 5) is 8.88. The van der Waals surface area contributed by atoms with Gasteiger partial charge in [-0.25, -0.2) is 9.07 Å². The number of aliphatic hydroxyl groups excluding tert-OH is 1. The van der Waals surface area contributed by atoms with Crippen LogP contribution in [0.1, 0.15) is 24.7 Å². The number of rotatable bonds is 6. The monoisotopic (exact) mass is 389 g/mol. The summed E-state index contributed by atoms with van der Waals surface area (Å²) in [5.41, 5.74) is 2.72. The van der Waals surface area contributed by atoms with Gasteiger partial charge in [-0.3, -0.25) is 4.98 Å². The van der Waals surface area contributed by atoms with Crippen LogP contribution in [0, 0.1) is 19.7 Å². The molecule has 0 bridgehead atoms. The van der Waals surface area contributed by atoms with Gasteiger partial charge >= 0.3 is 0 Å². The van der Waals surface area contributed by atoms with Gasteiger partial charge in [0, 0.05) is 17.0 Å². The van der Waals surface area contributed by atoms with Crippen LogP contribution in [-0.2, 0) is 6.54 Å². The number of aromatic nitrogens is 4. The molecular weight excluding hydrogens is 369 g/mol. The molecule has 1 unspecified atom stereocenters. The summed E-state index contributed by atoms with van der Waals surface area (Å²) in [5, 5.41) is 17.4. The van der Waals surface area contributed by atoms with Crippen molar-refractivity contribution in [3.63, 3.8) is 0 Å². The highest BCUT2D eigenvalue weighted by atomic mass is 35.5. The first-order valence-corrected chi connectivity index (χ1v) is 9.04. The molecule has 0 aliphatic rings. The molecule has 0 aliphatic carbocycles. The van der Waals surface area contributed by atoms with E-state index in [1.807, 2.05) is 32.9 Å². The second-order valence-electron chi connectivity index (χ2n) is 6.37. The number of nitrogens with zero attached hydrogens (tertiary/aromatic N) is 4. The second kappa shape index (κ2) is 8.02. The summed E-state index contributed by atoms with van der Waals surface area (Å²) in [5.74, 6) is 0.226. The van der Waals surface area contributed by atoms with Crippen LogP contribution in [0.25, 0.3) is 11.4 Å². The highest BCUT2D eigenvalue weighted by Gasteiger charge is 2.17. The molecule has 6 nitrogen and oxygen atoms in total. The Bertz CT molecular complexity index is 939. The standard InChI is InChI=1S/C19H21ClFN5O/c1-4-14(27)10-26-18(13-8-11(2)22-12(3)9-13)24-19(25-26)23-16-7-5-6-15(20)17(16)21/h5-9,14,27H,4,10H2,1-3H3,(H,23,25). The Morgan fingerprint density at radius 3 is 2.59 bits per heavy atom. The predicted molar refractivity (Wildman–Crippen MR) is 104 cm³/mol. The van der Waals surface area contributed by atoms with Gasteiger partial charge in [0.1, 0.15) is 0 Å². The molecule has 3 aromatic rings. The Kier molecular flexibility index (Phi) is 5.72. The Hall–Kier alpha value is -2.51. The highest BCUT2D eigenvalue weighted by Crippen LogP contribution is 2.26. The van der Waals surface area contributed by atoms with Crippen LogP contribution in [0.3, 0.4) is 0 Å². The van der Waals surface area contributed by atoms with E-state index in [9.17, 15) is 9.50 Å². The fourth-order valence-corrected chi connectivity index (χ4v) is 2.92. The van der Waals surface area contributed by atoms with Crippen LogP contribution in [-0.4, -0.2) is 31.0 Å². The topological polar surface area (TPSA) is 75.9 Å². The summed E-state index contributed by atoms with van der Waals surface area (Å²) in [6.07, 6.45) is 0.0181. The van der Waals surface area contributed by atoms with Crippen molar-refractivity contribution in [3.8, 4) is 11.4 Å². The molecule has 1 atom stereocenters. The smallest absolute Gasteiger partial charge is 0.247 e. The zero-order valence-electron chi connectivity index (χ0n) is 15.4. The molecule has 0 spiro atoms. The van der Waals surface area contributed by atoms with Crippen LogP contribution < -0.4 is 5.32 Å². The molecule has 2 aromatic heterocycles. The van der Waals surface area contributed by atoms with Gasteiger partial charge in [-0.15, -0.1) is 5.10 Å². The number of aliphatic hydroxyl groups is 1. The number of aryl methyl sites for hydroxylation is 2. The molecule has 0 saturated carbocycles. The van der Waals surface area contributed by atoms with Crippen molar-refractivity contribution < 1.29 is 9.50 Å². The van der Waals surface area contributed by atoms with E-state index in [-0.39, 0.29) is 23.2 Å². The number of hydrogen-bond donors (Lipinski definition) is 2. The lowest BCUT2D eigenvalue weighted by Crippen LogP contribution is -2.17. The lowest BCUT2D eigenvalue weighted by atomic mass is 10.2. The van der Waals surface area contributed by atoms with E-state index < -0.39 is 11.9 Å². The zero-order valence-corrected chi connectivity index (χ0v) is 16.1. The Balaban J connectivity index is 2.02. The van der Waals surface area contributed by atoms with E-state index in [0.29, 0.717) is 12.2 Å². The SMILES string of the molecule is CCC(O)Cn1nc(Nc2cccc(Cl)c2F)nc1-c1cc(C)nc(C)c1. The average molecular weight is 390 g/mol. The minimum Gasteiger partial charge on any atom is -0.391 e. The molecule has 2 heterocycles. The maximum absolute atomic E-state index is 14.2. The molecule has 3 rings (SSSR count). The van der Waals surface area contributed by atoms with Gasteiger partial charge in [0.25, 0.3) is 0 Å². The van der Waals surface area contributed by atoms with Gasteiger partial charge in [-0.2, -0.15) is 4.98 Å². The number of pyridine rings is 1. The van der Waals surface area contributed by atoms with E-state index >= 15 is 0 Å². The maximum Gasteiger partial charge on any atom is 0.247 e. The Morgan fingerprint density at radius 1 is 1.22 bits per heavy atom. The molecule has 0 amide bonds. The third-order valence-electron chi connectivity index (χ3n) is 4.06. The van der Waals surface area contributed by atoms with Crippen molar-refractivity contribution in [2.45, 2.75) is 39.8 Å². The highest BCUT2D eigenvalue weighted by molar-refractivity contribution is 6.31. The van der Waals surface area contributed by atoms with E-state index in [4.69, 9.17) is 11.6 Å². The van der Waals surface area contributed by atoms with Crippen LogP contribution in [0.4, 0.5) is 16.0 Å². The van der Waals surface area contributed by atoms with Crippen molar-refractivity contribution in [2.75, 3.05) is 5.32 Å². The Labute approximate surface area is 162 Å². The molecule has 142 valence electrons. The Morgan fingerprint density at radius 2 is 1.93 bits per heavy atom. The molecule has 0 radical (unpaired) electrons. The van der Waals surface area contributed by atoms with Crippen LogP contribution in [0.2, 0.25) is 5.02 Å². The second-order valence-corrected chi connectivity index (χ2v) is 6.78. The normalized spacial score (nSPS) is 12.2. The van der Waals surface area contributed by atoms with Gasteiger partial charge in [-0.05, 0) is 44.5 Å². The number of nitrogens with one attached hydrogen (secondary N) is 1. The fourth-order valence-electron chi connectivity index (χ4n) is 2.75. The molecule has 0 saturated heterocycles. The molecule has 8 heteroatoms. The van der Waals surface area contributed by atoms with Crippen molar-refractivity contribution in [2.24, 2.45) is 0 Å². The maximum atomic E-state index is 14.2. The van der Waals surface area contributed by atoms with Gasteiger partial charge in [-0.1, -0.05) is 24.6 Å². The van der Waals surface area contributed by atoms with Gasteiger partial charge in [0.15, 0.2) is 11.6 Å². The lowest BCUT2D eigenvalue weighted by Gasteiger charge is -2.10. The van der Waals surface area contributed by atoms with Crippen LogP contribution in [0.15, 0.2) is 30.3 Å². The summed E-state index contributed by atoms with van der Waals surface area (Å²) < 4.78 is 15.8. The average Bonchev–Trinajstić information content (AvgIpc) is 3.00.